The zero-order chi connectivity index (χ0) is 13.0. The average molecular weight is 279 g/mol. The van der Waals surface area contributed by atoms with Gasteiger partial charge in [0.05, 0.1) is 10.6 Å². The van der Waals surface area contributed by atoms with Crippen molar-refractivity contribution in [3.63, 3.8) is 0 Å². The molecule has 0 saturated carbocycles. The first-order chi connectivity index (χ1) is 8.66. The van der Waals surface area contributed by atoms with E-state index in [9.17, 15) is 4.79 Å². The summed E-state index contributed by atoms with van der Waals surface area (Å²) in [6, 6.07) is 14.4. The summed E-state index contributed by atoms with van der Waals surface area (Å²) in [6.45, 7) is 0.229. The van der Waals surface area contributed by atoms with E-state index < -0.39 is 5.97 Å². The lowest BCUT2D eigenvalue weighted by atomic mass is 10.2. The zero-order valence-corrected chi connectivity index (χ0v) is 11.1. The van der Waals surface area contributed by atoms with Crippen LogP contribution < -0.4 is 0 Å². The van der Waals surface area contributed by atoms with Gasteiger partial charge in [-0.3, -0.25) is 0 Å². The summed E-state index contributed by atoms with van der Waals surface area (Å²) in [7, 11) is 0. The summed E-state index contributed by atoms with van der Waals surface area (Å²) in [5.41, 5.74) is 1.27. The zero-order valence-electron chi connectivity index (χ0n) is 9.47. The Morgan fingerprint density at radius 3 is 2.61 bits per heavy atom. The van der Waals surface area contributed by atoms with Crippen molar-refractivity contribution in [1.82, 2.24) is 0 Å². The van der Waals surface area contributed by atoms with Crippen LogP contribution in [0.3, 0.4) is 0 Å². The SMILES string of the molecule is O=C(OCc1ccccc1)c1cc(S)ccc1Cl. The smallest absolute Gasteiger partial charge is 0.340 e. The molecule has 0 bridgehead atoms. The number of ether oxygens (including phenoxy) is 1. The number of esters is 1. The maximum atomic E-state index is 11.9. The van der Waals surface area contributed by atoms with E-state index in [1.54, 1.807) is 18.2 Å². The molecule has 18 heavy (non-hydrogen) atoms. The Morgan fingerprint density at radius 2 is 1.89 bits per heavy atom. The fourth-order valence-electron chi connectivity index (χ4n) is 1.47. The molecule has 0 amide bonds. The number of hydrogen-bond acceptors (Lipinski definition) is 3. The van der Waals surface area contributed by atoms with Crippen LogP contribution in [0.25, 0.3) is 0 Å². The van der Waals surface area contributed by atoms with Crippen molar-refractivity contribution in [2.75, 3.05) is 0 Å². The average Bonchev–Trinajstić information content (AvgIpc) is 2.40. The van der Waals surface area contributed by atoms with Gasteiger partial charge in [0.2, 0.25) is 0 Å². The van der Waals surface area contributed by atoms with Gasteiger partial charge in [0, 0.05) is 4.90 Å². The van der Waals surface area contributed by atoms with Gasteiger partial charge >= 0.3 is 5.97 Å². The molecule has 0 spiro atoms. The van der Waals surface area contributed by atoms with Gasteiger partial charge in [-0.05, 0) is 23.8 Å². The molecule has 2 rings (SSSR count). The van der Waals surface area contributed by atoms with Crippen molar-refractivity contribution < 1.29 is 9.53 Å². The summed E-state index contributed by atoms with van der Waals surface area (Å²) in [4.78, 5) is 12.5. The van der Waals surface area contributed by atoms with Crippen molar-refractivity contribution in [2.24, 2.45) is 0 Å². The summed E-state index contributed by atoms with van der Waals surface area (Å²) < 4.78 is 5.19. The molecular weight excluding hydrogens is 268 g/mol. The molecule has 2 aromatic carbocycles. The monoisotopic (exact) mass is 278 g/mol. The van der Waals surface area contributed by atoms with E-state index in [0.717, 1.165) is 5.56 Å². The molecule has 0 aliphatic rings. The standard InChI is InChI=1S/C14H11ClO2S/c15-13-7-6-11(18)8-12(13)14(16)17-9-10-4-2-1-3-5-10/h1-8,18H,9H2. The van der Waals surface area contributed by atoms with Gasteiger partial charge in [-0.15, -0.1) is 12.6 Å². The van der Waals surface area contributed by atoms with Crippen LogP contribution in [0, 0.1) is 0 Å². The molecule has 0 saturated heterocycles. The van der Waals surface area contributed by atoms with E-state index in [2.05, 4.69) is 12.6 Å². The van der Waals surface area contributed by atoms with Gasteiger partial charge in [0.1, 0.15) is 6.61 Å². The highest BCUT2D eigenvalue weighted by Gasteiger charge is 2.12. The van der Waals surface area contributed by atoms with Gasteiger partial charge in [-0.25, -0.2) is 4.79 Å². The van der Waals surface area contributed by atoms with E-state index >= 15 is 0 Å². The second-order valence-electron chi connectivity index (χ2n) is 3.73. The summed E-state index contributed by atoms with van der Waals surface area (Å²) in [6.07, 6.45) is 0. The molecule has 2 nitrogen and oxygen atoms in total. The van der Waals surface area contributed by atoms with Crippen molar-refractivity contribution in [3.05, 3.63) is 64.7 Å². The maximum Gasteiger partial charge on any atom is 0.340 e. The molecule has 0 N–H and O–H groups in total. The second kappa shape index (κ2) is 5.94. The number of hydrogen-bond donors (Lipinski definition) is 1. The second-order valence-corrected chi connectivity index (χ2v) is 4.65. The van der Waals surface area contributed by atoms with Gasteiger partial charge < -0.3 is 4.74 Å². The number of halogens is 1. The van der Waals surface area contributed by atoms with Crippen LogP contribution in [0.15, 0.2) is 53.4 Å². The van der Waals surface area contributed by atoms with E-state index in [1.165, 1.54) is 0 Å². The molecule has 0 aliphatic heterocycles. The minimum Gasteiger partial charge on any atom is -0.457 e. The van der Waals surface area contributed by atoms with Crippen molar-refractivity contribution in [3.8, 4) is 0 Å². The van der Waals surface area contributed by atoms with Gasteiger partial charge in [-0.1, -0.05) is 41.9 Å². The fraction of sp³-hybridized carbons (Fsp3) is 0.0714. The van der Waals surface area contributed by atoms with Gasteiger partial charge in [0.15, 0.2) is 0 Å². The van der Waals surface area contributed by atoms with Gasteiger partial charge in [0.25, 0.3) is 0 Å². The fourth-order valence-corrected chi connectivity index (χ4v) is 1.87. The van der Waals surface area contributed by atoms with Crippen LogP contribution in [0.1, 0.15) is 15.9 Å². The Kier molecular flexibility index (Phi) is 4.28. The summed E-state index contributed by atoms with van der Waals surface area (Å²) in [5.74, 6) is -0.445. The van der Waals surface area contributed by atoms with E-state index in [-0.39, 0.29) is 6.61 Å². The predicted octanol–water partition coefficient (Wildman–Crippen LogP) is 3.99. The first-order valence-corrected chi connectivity index (χ1v) is 6.19. The molecule has 0 unspecified atom stereocenters. The first-order valence-electron chi connectivity index (χ1n) is 5.36. The largest absolute Gasteiger partial charge is 0.457 e. The lowest BCUT2D eigenvalue weighted by molar-refractivity contribution is 0.0472. The number of benzene rings is 2. The third-order valence-corrected chi connectivity index (χ3v) is 2.99. The van der Waals surface area contributed by atoms with E-state index in [0.29, 0.717) is 15.5 Å². The van der Waals surface area contributed by atoms with Gasteiger partial charge in [-0.2, -0.15) is 0 Å². The van der Waals surface area contributed by atoms with E-state index in [4.69, 9.17) is 16.3 Å². The summed E-state index contributed by atoms with van der Waals surface area (Å²) >= 11 is 10.1. The maximum absolute atomic E-state index is 11.9. The highest BCUT2D eigenvalue weighted by Crippen LogP contribution is 2.20. The molecule has 0 aliphatic carbocycles. The first kappa shape index (κ1) is 13.0. The van der Waals surface area contributed by atoms with Crippen molar-refractivity contribution in [2.45, 2.75) is 11.5 Å². The van der Waals surface area contributed by atoms with Crippen LogP contribution in [0.4, 0.5) is 0 Å². The Balaban J connectivity index is 2.06. The lowest BCUT2D eigenvalue weighted by Crippen LogP contribution is -2.06. The van der Waals surface area contributed by atoms with Crippen LogP contribution in [-0.4, -0.2) is 5.97 Å². The van der Waals surface area contributed by atoms with Crippen molar-refractivity contribution >= 4 is 30.2 Å². The van der Waals surface area contributed by atoms with Crippen LogP contribution in [0.5, 0.6) is 0 Å². The normalized spacial score (nSPS) is 10.1. The molecule has 0 atom stereocenters. The number of rotatable bonds is 3. The van der Waals surface area contributed by atoms with Crippen LogP contribution in [-0.2, 0) is 11.3 Å². The molecule has 0 aromatic heterocycles. The topological polar surface area (TPSA) is 26.3 Å². The highest BCUT2D eigenvalue weighted by atomic mass is 35.5. The molecular formula is C14H11ClO2S. The molecule has 4 heteroatoms. The van der Waals surface area contributed by atoms with Crippen molar-refractivity contribution in [1.29, 1.82) is 0 Å². The molecule has 0 fully saturated rings. The third-order valence-electron chi connectivity index (χ3n) is 2.38. The number of carbonyl (C=O) groups excluding carboxylic acids is 1. The lowest BCUT2D eigenvalue weighted by Gasteiger charge is -2.06. The van der Waals surface area contributed by atoms with Crippen LogP contribution in [0.2, 0.25) is 5.02 Å². The highest BCUT2D eigenvalue weighted by molar-refractivity contribution is 7.80. The minimum absolute atomic E-state index is 0.229. The number of carbonyl (C=O) groups is 1. The van der Waals surface area contributed by atoms with E-state index in [1.807, 2.05) is 30.3 Å². The Hall–Kier alpha value is -1.45. The number of thiol groups is 1. The quantitative estimate of drug-likeness (QED) is 0.679. The third kappa shape index (κ3) is 3.28. The Bertz CT molecular complexity index is 555. The Labute approximate surface area is 116 Å². The summed E-state index contributed by atoms with van der Waals surface area (Å²) in [5, 5.41) is 0.367. The van der Waals surface area contributed by atoms with Crippen LogP contribution >= 0.6 is 24.2 Å². The predicted molar refractivity (Wildman–Crippen MR) is 74.3 cm³/mol. The molecule has 92 valence electrons. The Morgan fingerprint density at radius 1 is 1.17 bits per heavy atom. The minimum atomic E-state index is -0.445. The molecule has 2 aromatic rings. The molecule has 0 heterocycles. The molecule has 0 radical (unpaired) electrons.